The van der Waals surface area contributed by atoms with Crippen molar-refractivity contribution < 1.29 is 58.7 Å². The SMILES string of the molecule is CC(C)(OOC1CCCC(c2nnnc(C3CCCC(OOC(C)(C)c4ccccc4)C3OOC(C)(C)c3ccccc3)c2C2CCCC(OOC(C)(C)c3ccccc3)C2OOC(C)(C)c2ccccc2)C1OOC(C)(C)c1ccccc1)c1ccccc1. The fourth-order valence-electron chi connectivity index (χ4n) is 12.7. The second kappa shape index (κ2) is 29.2. The average molecular weight is 1230 g/mol. The molecule has 6 aromatic carbocycles. The summed E-state index contributed by atoms with van der Waals surface area (Å²) in [5, 5.41) is 15.2. The van der Waals surface area contributed by atoms with Crippen molar-refractivity contribution in [3.8, 4) is 0 Å². The molecule has 3 saturated carbocycles. The van der Waals surface area contributed by atoms with Crippen LogP contribution in [0, 0.1) is 0 Å². The van der Waals surface area contributed by atoms with E-state index in [-0.39, 0.29) is 0 Å². The predicted octanol–water partition coefficient (Wildman–Crippen LogP) is 17.2. The lowest BCUT2D eigenvalue weighted by Crippen LogP contribution is -2.47. The van der Waals surface area contributed by atoms with Gasteiger partial charge in [0.1, 0.15) is 70.2 Å². The Labute approximate surface area is 532 Å². The molecule has 15 nitrogen and oxygen atoms in total. The Hall–Kier alpha value is -6.15. The molecular weight excluding hydrogens is 1130 g/mol. The largest absolute Gasteiger partial charge is 0.230 e. The minimum atomic E-state index is -0.912. The second-order valence-electron chi connectivity index (χ2n) is 27.4. The van der Waals surface area contributed by atoms with Crippen molar-refractivity contribution in [2.75, 3.05) is 0 Å². The first-order valence-corrected chi connectivity index (χ1v) is 32.3. The highest BCUT2D eigenvalue weighted by Gasteiger charge is 2.50. The summed E-state index contributed by atoms with van der Waals surface area (Å²) in [6, 6.07) is 60.3. The molecule has 0 N–H and O–H groups in total. The smallest absolute Gasteiger partial charge is 0.131 e. The van der Waals surface area contributed by atoms with Gasteiger partial charge in [-0.1, -0.05) is 182 Å². The average Bonchev–Trinajstić information content (AvgIpc) is 0.758. The molecule has 3 aliphatic rings. The van der Waals surface area contributed by atoms with Gasteiger partial charge in [-0.05, 0) is 179 Å². The van der Waals surface area contributed by atoms with E-state index in [2.05, 4.69) is 0 Å². The number of hydrogen-bond acceptors (Lipinski definition) is 15. The first kappa shape index (κ1) is 66.8. The van der Waals surface area contributed by atoms with Gasteiger partial charge in [-0.3, -0.25) is 0 Å². The Balaban J connectivity index is 1.12. The predicted molar refractivity (Wildman–Crippen MR) is 342 cm³/mol. The second-order valence-corrected chi connectivity index (χ2v) is 27.4. The summed E-state index contributed by atoms with van der Waals surface area (Å²) in [5.41, 5.74) is 2.50. The van der Waals surface area contributed by atoms with Crippen molar-refractivity contribution in [3.05, 3.63) is 232 Å². The van der Waals surface area contributed by atoms with Gasteiger partial charge in [-0.15, -0.1) is 10.2 Å². The van der Waals surface area contributed by atoms with Crippen LogP contribution in [0.2, 0.25) is 0 Å². The first-order chi connectivity index (χ1) is 43.1. The Morgan fingerprint density at radius 1 is 0.267 bits per heavy atom. The normalized spacial score (nSPS) is 23.1. The van der Waals surface area contributed by atoms with Gasteiger partial charge in [0.05, 0.1) is 11.4 Å². The fraction of sp³-hybridized carbons (Fsp3) is 0.480. The molecule has 1 aromatic heterocycles. The number of rotatable bonds is 27. The van der Waals surface area contributed by atoms with Crippen LogP contribution in [0.25, 0.3) is 0 Å². The highest BCUT2D eigenvalue weighted by molar-refractivity contribution is 5.37. The molecule has 3 fully saturated rings. The Bertz CT molecular complexity index is 3150. The quantitative estimate of drug-likeness (QED) is 0.0355. The van der Waals surface area contributed by atoms with E-state index in [1.54, 1.807) is 0 Å². The molecule has 3 aliphatic carbocycles. The zero-order valence-corrected chi connectivity index (χ0v) is 54.6. The molecular formula is C75H93N3O12. The van der Waals surface area contributed by atoms with Gasteiger partial charge in [-0.2, -0.15) is 0 Å². The number of nitrogens with zero attached hydrogens (tertiary/aromatic N) is 3. The fourth-order valence-corrected chi connectivity index (χ4v) is 12.7. The van der Waals surface area contributed by atoms with Crippen LogP contribution in [-0.4, -0.2) is 52.0 Å². The summed E-state index contributed by atoms with van der Waals surface area (Å²) < 4.78 is 0. The topological polar surface area (TPSA) is 149 Å². The van der Waals surface area contributed by atoms with Gasteiger partial charge >= 0.3 is 0 Å². The first-order valence-electron chi connectivity index (χ1n) is 32.3. The van der Waals surface area contributed by atoms with Gasteiger partial charge in [0.15, 0.2) is 0 Å². The standard InChI is InChI=1S/C75H93N3O12/c1-70(2,52-34-19-13-20-35-52)85-79-61-49-31-46-58(67(61)82-88-73(7,8)55-40-25-16-26-41-55)64-65(59-47-32-50-62(80-86-71(3,4)53-36-21-14-22-37-53)68(59)83-89-74(9,10)56-42-27-17-28-43-56)76-78-77-66(64)60-48-33-51-63(81-87-72(5,6)54-38-23-15-24-39-54)69(60)84-90-75(11,12)57-44-29-18-30-45-57/h13-30,34-45,58-63,67-69H,31-33,46-51H2,1-12H3. The van der Waals surface area contributed by atoms with Gasteiger partial charge in [0.25, 0.3) is 0 Å². The van der Waals surface area contributed by atoms with Crippen LogP contribution in [0.15, 0.2) is 182 Å². The maximum atomic E-state index is 7.07. The van der Waals surface area contributed by atoms with E-state index in [1.807, 2.05) is 265 Å². The number of benzene rings is 6. The van der Waals surface area contributed by atoms with Gasteiger partial charge in [0.2, 0.25) is 0 Å². The van der Waals surface area contributed by atoms with Crippen LogP contribution in [-0.2, 0) is 92.3 Å². The molecule has 0 aliphatic heterocycles. The molecule has 9 atom stereocenters. The third-order valence-electron chi connectivity index (χ3n) is 18.3. The van der Waals surface area contributed by atoms with Crippen molar-refractivity contribution in [2.24, 2.45) is 0 Å². The Morgan fingerprint density at radius 2 is 0.478 bits per heavy atom. The Morgan fingerprint density at radius 3 is 0.722 bits per heavy atom. The summed E-state index contributed by atoms with van der Waals surface area (Å²) in [5.74, 6) is -1.54. The lowest BCUT2D eigenvalue weighted by molar-refractivity contribution is -0.445. The molecule has 0 spiro atoms. The zero-order chi connectivity index (χ0) is 63.6. The molecule has 0 saturated heterocycles. The van der Waals surface area contributed by atoms with Crippen LogP contribution < -0.4 is 0 Å². The highest BCUT2D eigenvalue weighted by atomic mass is 17.2. The minimum Gasteiger partial charge on any atom is -0.230 e. The van der Waals surface area contributed by atoms with Crippen LogP contribution >= 0.6 is 0 Å². The molecule has 15 heteroatoms. The van der Waals surface area contributed by atoms with E-state index in [0.29, 0.717) is 56.3 Å². The number of hydrogen-bond donors (Lipinski definition) is 0. The van der Waals surface area contributed by atoms with Crippen molar-refractivity contribution in [1.29, 1.82) is 0 Å². The molecule has 10 rings (SSSR count). The van der Waals surface area contributed by atoms with E-state index < -0.39 is 88.0 Å². The summed E-state index contributed by atoms with van der Waals surface area (Å²) in [4.78, 5) is 81.2. The summed E-state index contributed by atoms with van der Waals surface area (Å²) in [6.45, 7) is 24.0. The van der Waals surface area contributed by atoms with Crippen molar-refractivity contribution in [1.82, 2.24) is 15.4 Å². The lowest BCUT2D eigenvalue weighted by Gasteiger charge is -2.43. The monoisotopic (exact) mass is 1230 g/mol. The molecule has 1 heterocycles. The van der Waals surface area contributed by atoms with Gasteiger partial charge < -0.3 is 0 Å². The maximum absolute atomic E-state index is 7.07. The van der Waals surface area contributed by atoms with Gasteiger partial charge in [-0.25, -0.2) is 58.7 Å². The van der Waals surface area contributed by atoms with Crippen LogP contribution in [0.3, 0.4) is 0 Å². The molecule has 90 heavy (non-hydrogen) atoms. The number of aromatic nitrogens is 3. The van der Waals surface area contributed by atoms with E-state index in [4.69, 9.17) is 74.1 Å². The van der Waals surface area contributed by atoms with E-state index in [0.717, 1.165) is 51.8 Å². The van der Waals surface area contributed by atoms with Crippen molar-refractivity contribution in [2.45, 2.75) is 229 Å². The highest BCUT2D eigenvalue weighted by Crippen LogP contribution is 2.50. The van der Waals surface area contributed by atoms with Crippen LogP contribution in [0.5, 0.6) is 0 Å². The van der Waals surface area contributed by atoms with E-state index >= 15 is 0 Å². The molecule has 7 aromatic rings. The third-order valence-corrected chi connectivity index (χ3v) is 18.3. The third kappa shape index (κ3) is 16.2. The summed E-state index contributed by atoms with van der Waals surface area (Å²) >= 11 is 0. The van der Waals surface area contributed by atoms with E-state index in [1.165, 1.54) is 0 Å². The van der Waals surface area contributed by atoms with Gasteiger partial charge in [0, 0.05) is 23.3 Å². The molecule has 480 valence electrons. The molecule has 9 unspecified atom stereocenters. The summed E-state index contributed by atoms with van der Waals surface area (Å²) in [7, 11) is 0. The Kier molecular flexibility index (Phi) is 21.7. The zero-order valence-electron chi connectivity index (χ0n) is 54.6. The van der Waals surface area contributed by atoms with Crippen LogP contribution in [0.4, 0.5) is 0 Å². The van der Waals surface area contributed by atoms with Crippen molar-refractivity contribution in [3.63, 3.8) is 0 Å². The van der Waals surface area contributed by atoms with Crippen LogP contribution in [0.1, 0.15) is 209 Å². The lowest BCUT2D eigenvalue weighted by atomic mass is 9.71. The summed E-state index contributed by atoms with van der Waals surface area (Å²) in [6.07, 6.45) is 1.41. The van der Waals surface area contributed by atoms with E-state index in [9.17, 15) is 0 Å². The minimum absolute atomic E-state index is 0.513. The molecule has 0 amide bonds. The molecule has 0 radical (unpaired) electrons. The molecule has 0 bridgehead atoms. The van der Waals surface area contributed by atoms with Crippen molar-refractivity contribution >= 4 is 0 Å². The maximum Gasteiger partial charge on any atom is 0.131 e.